The summed E-state index contributed by atoms with van der Waals surface area (Å²) in [7, 11) is 0. The van der Waals surface area contributed by atoms with E-state index in [1.807, 2.05) is 54.8 Å². The van der Waals surface area contributed by atoms with Gasteiger partial charge in [0, 0.05) is 47.0 Å². The highest BCUT2D eigenvalue weighted by molar-refractivity contribution is 7.98. The van der Waals surface area contributed by atoms with E-state index in [4.69, 9.17) is 5.73 Å². The summed E-state index contributed by atoms with van der Waals surface area (Å²) in [6, 6.07) is 10.2. The molecule has 9 N–H and O–H groups in total. The predicted molar refractivity (Wildman–Crippen MR) is 170 cm³/mol. The van der Waals surface area contributed by atoms with Gasteiger partial charge in [-0.05, 0) is 48.6 Å². The molecule has 5 atom stereocenters. The maximum Gasteiger partial charge on any atom is 0.326 e. The summed E-state index contributed by atoms with van der Waals surface area (Å²) in [4.78, 5) is 58.6. The van der Waals surface area contributed by atoms with Crippen LogP contribution in [0.5, 0.6) is 0 Å². The second-order valence-electron chi connectivity index (χ2n) is 10.7. The highest BCUT2D eigenvalue weighted by Crippen LogP contribution is 2.21. The van der Waals surface area contributed by atoms with E-state index in [1.54, 1.807) is 12.4 Å². The fraction of sp³-hybridized carbons (Fsp3) is 0.355. The number of thioether (sulfide) groups is 1. The third kappa shape index (κ3) is 7.98. The van der Waals surface area contributed by atoms with Crippen LogP contribution in [0.25, 0.3) is 21.8 Å². The van der Waals surface area contributed by atoms with Gasteiger partial charge in [0.15, 0.2) is 0 Å². The number of para-hydroxylation sites is 2. The van der Waals surface area contributed by atoms with Crippen molar-refractivity contribution in [3.63, 3.8) is 0 Å². The number of aliphatic hydroxyl groups is 1. The molecule has 5 unspecified atom stereocenters. The zero-order valence-electron chi connectivity index (χ0n) is 24.5. The number of carboxylic acids is 1. The predicted octanol–water partition coefficient (Wildman–Crippen LogP) is 1.43. The number of fused-ring (bicyclic) bond motifs is 2. The Kier molecular flexibility index (Phi) is 11.0. The van der Waals surface area contributed by atoms with Crippen LogP contribution in [-0.2, 0) is 32.0 Å². The van der Waals surface area contributed by atoms with Crippen LogP contribution < -0.4 is 21.7 Å². The number of aliphatic hydroxyl groups excluding tert-OH is 1. The van der Waals surface area contributed by atoms with E-state index < -0.39 is 54.0 Å². The summed E-state index contributed by atoms with van der Waals surface area (Å²) < 4.78 is 0. The minimum atomic E-state index is -1.29. The van der Waals surface area contributed by atoms with Gasteiger partial charge in [0.05, 0.1) is 6.10 Å². The molecule has 0 bridgehead atoms. The molecule has 0 fully saturated rings. The van der Waals surface area contributed by atoms with Gasteiger partial charge in [-0.2, -0.15) is 11.8 Å². The molecule has 0 aliphatic rings. The topological polar surface area (TPSA) is 202 Å². The Bertz CT molecular complexity index is 1620. The van der Waals surface area contributed by atoms with Gasteiger partial charge in [-0.25, -0.2) is 4.79 Å². The van der Waals surface area contributed by atoms with Gasteiger partial charge in [-0.1, -0.05) is 36.4 Å². The van der Waals surface area contributed by atoms with Crippen LogP contribution in [-0.4, -0.2) is 86.2 Å². The SMILES string of the molecule is CSCCC(NC(=O)C(Cc1c[nH]c2ccccc12)NC(=O)C(Cc1c[nH]c2ccccc12)NC(=O)C(N)C(C)O)C(=O)O. The maximum atomic E-state index is 13.9. The highest BCUT2D eigenvalue weighted by atomic mass is 32.2. The van der Waals surface area contributed by atoms with E-state index in [2.05, 4.69) is 25.9 Å². The lowest BCUT2D eigenvalue weighted by atomic mass is 10.0. The molecule has 0 saturated heterocycles. The molecule has 0 aliphatic carbocycles. The van der Waals surface area contributed by atoms with Gasteiger partial charge in [0.1, 0.15) is 24.2 Å². The van der Waals surface area contributed by atoms with Crippen LogP contribution in [0.1, 0.15) is 24.5 Å². The van der Waals surface area contributed by atoms with Crippen LogP contribution in [0.4, 0.5) is 0 Å². The summed E-state index contributed by atoms with van der Waals surface area (Å²) in [6.45, 7) is 1.37. The van der Waals surface area contributed by atoms with Crippen molar-refractivity contribution >= 4 is 57.3 Å². The van der Waals surface area contributed by atoms with Crippen LogP contribution in [0.3, 0.4) is 0 Å². The van der Waals surface area contributed by atoms with Crippen molar-refractivity contribution < 1.29 is 29.4 Å². The number of nitrogens with two attached hydrogens (primary N) is 1. The molecule has 2 aromatic carbocycles. The number of carboxylic acid groups (broad SMARTS) is 1. The summed E-state index contributed by atoms with van der Waals surface area (Å²) in [5.74, 6) is -2.74. The molecule has 0 radical (unpaired) electrons. The molecule has 13 heteroatoms. The normalized spacial score (nSPS) is 14.8. The van der Waals surface area contributed by atoms with Crippen molar-refractivity contribution in [3.8, 4) is 0 Å². The van der Waals surface area contributed by atoms with Crippen LogP contribution in [0, 0.1) is 0 Å². The molecule has 2 aromatic heterocycles. The molecule has 0 aliphatic heterocycles. The van der Waals surface area contributed by atoms with E-state index in [-0.39, 0.29) is 19.3 Å². The molecule has 12 nitrogen and oxygen atoms in total. The number of benzene rings is 2. The zero-order valence-corrected chi connectivity index (χ0v) is 25.3. The van der Waals surface area contributed by atoms with Crippen LogP contribution in [0.15, 0.2) is 60.9 Å². The number of carbonyl (C=O) groups excluding carboxylic acids is 3. The van der Waals surface area contributed by atoms with Crippen molar-refractivity contribution in [3.05, 3.63) is 72.1 Å². The monoisotopic (exact) mass is 622 g/mol. The average molecular weight is 623 g/mol. The third-order valence-electron chi connectivity index (χ3n) is 7.51. The van der Waals surface area contributed by atoms with Crippen molar-refractivity contribution in [2.45, 2.75) is 56.5 Å². The number of H-pyrrole nitrogens is 2. The highest BCUT2D eigenvalue weighted by Gasteiger charge is 2.32. The molecule has 4 aromatic rings. The zero-order chi connectivity index (χ0) is 31.8. The van der Waals surface area contributed by atoms with Gasteiger partial charge in [0.25, 0.3) is 0 Å². The number of rotatable bonds is 15. The fourth-order valence-corrected chi connectivity index (χ4v) is 5.46. The second-order valence-corrected chi connectivity index (χ2v) is 11.7. The van der Waals surface area contributed by atoms with Gasteiger partial charge >= 0.3 is 5.97 Å². The maximum absolute atomic E-state index is 13.9. The first-order chi connectivity index (χ1) is 21.1. The number of aliphatic carboxylic acids is 1. The molecule has 0 saturated carbocycles. The summed E-state index contributed by atoms with van der Waals surface area (Å²) >= 11 is 1.46. The molecule has 3 amide bonds. The number of amides is 3. The Morgan fingerprint density at radius 2 is 1.25 bits per heavy atom. The van der Waals surface area contributed by atoms with E-state index in [0.29, 0.717) is 5.75 Å². The van der Waals surface area contributed by atoms with Gasteiger partial charge in [-0.3, -0.25) is 14.4 Å². The first kappa shape index (κ1) is 32.6. The Hall–Kier alpha value is -4.33. The lowest BCUT2D eigenvalue weighted by molar-refractivity contribution is -0.142. The third-order valence-corrected chi connectivity index (χ3v) is 8.16. The summed E-state index contributed by atoms with van der Waals surface area (Å²) in [5, 5.41) is 29.3. The van der Waals surface area contributed by atoms with E-state index in [0.717, 1.165) is 32.9 Å². The van der Waals surface area contributed by atoms with Gasteiger partial charge < -0.3 is 41.9 Å². The first-order valence-corrected chi connectivity index (χ1v) is 15.6. The van der Waals surface area contributed by atoms with Crippen molar-refractivity contribution in [2.75, 3.05) is 12.0 Å². The van der Waals surface area contributed by atoms with Crippen molar-refractivity contribution in [1.82, 2.24) is 25.9 Å². The van der Waals surface area contributed by atoms with Crippen LogP contribution >= 0.6 is 11.8 Å². The van der Waals surface area contributed by atoms with E-state index in [9.17, 15) is 29.4 Å². The van der Waals surface area contributed by atoms with Gasteiger partial charge in [-0.15, -0.1) is 0 Å². The van der Waals surface area contributed by atoms with Crippen molar-refractivity contribution in [1.29, 1.82) is 0 Å². The number of nitrogens with one attached hydrogen (secondary N) is 5. The molecular formula is C31H38N6O6S. The van der Waals surface area contributed by atoms with E-state index >= 15 is 0 Å². The number of carbonyl (C=O) groups is 4. The Balaban J connectivity index is 1.64. The summed E-state index contributed by atoms with van der Waals surface area (Å²) in [6.07, 6.45) is 4.47. The Morgan fingerprint density at radius 1 is 0.795 bits per heavy atom. The standard InChI is InChI=1S/C31H38N6O6S/c1-17(38)27(32)30(41)37-26(14-19-16-34-23-10-6-4-8-21(19)23)29(40)36-25(28(39)35-24(31(42)43)11-12-44-2)13-18-15-33-22-9-5-3-7-20(18)22/h3-10,15-17,24-27,33-34,38H,11-14,32H2,1-2H3,(H,35,39)(H,36,40)(H,37,41)(H,42,43). The minimum absolute atomic E-state index is 0.0530. The first-order valence-electron chi connectivity index (χ1n) is 14.3. The number of hydrogen-bond donors (Lipinski definition) is 8. The largest absolute Gasteiger partial charge is 0.480 e. The smallest absolute Gasteiger partial charge is 0.326 e. The molecule has 234 valence electrons. The minimum Gasteiger partial charge on any atom is -0.480 e. The second kappa shape index (κ2) is 14.9. The Morgan fingerprint density at radius 3 is 1.70 bits per heavy atom. The quantitative estimate of drug-likeness (QED) is 0.0972. The van der Waals surface area contributed by atoms with Crippen LogP contribution in [0.2, 0.25) is 0 Å². The Labute approximate surface area is 258 Å². The average Bonchev–Trinajstić information content (AvgIpc) is 3.61. The molecule has 44 heavy (non-hydrogen) atoms. The number of aromatic amines is 2. The van der Waals surface area contributed by atoms with Crippen molar-refractivity contribution in [2.24, 2.45) is 5.73 Å². The number of aromatic nitrogens is 2. The van der Waals surface area contributed by atoms with E-state index in [1.165, 1.54) is 18.7 Å². The van der Waals surface area contributed by atoms with Gasteiger partial charge in [0.2, 0.25) is 17.7 Å². The lowest BCUT2D eigenvalue weighted by Crippen LogP contribution is -2.59. The molecular weight excluding hydrogens is 584 g/mol. The molecule has 4 rings (SSSR count). The molecule has 2 heterocycles. The lowest BCUT2D eigenvalue weighted by Gasteiger charge is -2.25. The summed E-state index contributed by atoms with van der Waals surface area (Å²) in [5.41, 5.74) is 9.03. The number of hydrogen-bond acceptors (Lipinski definition) is 7. The molecule has 0 spiro atoms. The fourth-order valence-electron chi connectivity index (χ4n) is 4.98.